The molecular formula is C14H16N2O5S. The molecule has 0 saturated heterocycles. The summed E-state index contributed by atoms with van der Waals surface area (Å²) in [6.07, 6.45) is 0.961. The molecule has 1 heterocycles. The summed E-state index contributed by atoms with van der Waals surface area (Å²) in [7, 11) is -1.76. The van der Waals surface area contributed by atoms with Gasteiger partial charge in [-0.25, -0.2) is 4.79 Å². The van der Waals surface area contributed by atoms with Crippen molar-refractivity contribution in [1.29, 1.82) is 0 Å². The van der Waals surface area contributed by atoms with Gasteiger partial charge in [0, 0.05) is 20.3 Å². The van der Waals surface area contributed by atoms with Crippen molar-refractivity contribution >= 4 is 10.1 Å². The zero-order valence-corrected chi connectivity index (χ0v) is 13.5. The van der Waals surface area contributed by atoms with Gasteiger partial charge < -0.3 is 8.75 Å². The van der Waals surface area contributed by atoms with E-state index in [1.165, 1.54) is 14.1 Å². The van der Waals surface area contributed by atoms with Gasteiger partial charge in [-0.2, -0.15) is 8.42 Å². The molecule has 118 valence electrons. The molecule has 0 atom stereocenters. The van der Waals surface area contributed by atoms with Gasteiger partial charge in [-0.15, -0.1) is 0 Å². The van der Waals surface area contributed by atoms with Gasteiger partial charge in [0.2, 0.25) is 0 Å². The fourth-order valence-corrected chi connectivity index (χ4v) is 3.18. The summed E-state index contributed by atoms with van der Waals surface area (Å²) >= 11 is 0. The Morgan fingerprint density at radius 1 is 1.00 bits per heavy atom. The molecule has 0 radical (unpaired) electrons. The van der Waals surface area contributed by atoms with Crippen molar-refractivity contribution in [2.24, 2.45) is 14.1 Å². The molecule has 0 aliphatic carbocycles. The lowest BCUT2D eigenvalue weighted by Crippen LogP contribution is -2.39. The van der Waals surface area contributed by atoms with Gasteiger partial charge in [0.05, 0.1) is 0 Å². The maximum atomic E-state index is 12.3. The van der Waals surface area contributed by atoms with Crippen LogP contribution in [0, 0.1) is 13.8 Å². The van der Waals surface area contributed by atoms with Gasteiger partial charge in [-0.1, -0.05) is 6.07 Å². The van der Waals surface area contributed by atoms with E-state index in [4.69, 9.17) is 4.18 Å². The van der Waals surface area contributed by atoms with Crippen molar-refractivity contribution in [2.75, 3.05) is 0 Å². The van der Waals surface area contributed by atoms with E-state index in [0.717, 1.165) is 26.5 Å². The summed E-state index contributed by atoms with van der Waals surface area (Å²) in [5, 5.41) is 0. The summed E-state index contributed by atoms with van der Waals surface area (Å²) < 4.78 is 31.4. The van der Waals surface area contributed by atoms with Gasteiger partial charge in [0.25, 0.3) is 5.56 Å². The lowest BCUT2D eigenvalue weighted by molar-refractivity contribution is 0.480. The monoisotopic (exact) mass is 324 g/mol. The highest BCUT2D eigenvalue weighted by molar-refractivity contribution is 7.87. The number of hydrogen-bond acceptors (Lipinski definition) is 5. The minimum Gasteiger partial charge on any atom is -0.379 e. The van der Waals surface area contributed by atoms with Gasteiger partial charge in [0.1, 0.15) is 5.75 Å². The first kappa shape index (κ1) is 16.0. The molecule has 0 aliphatic heterocycles. The highest BCUT2D eigenvalue weighted by atomic mass is 32.2. The average Bonchev–Trinajstić information content (AvgIpc) is 2.38. The molecule has 0 bridgehead atoms. The first-order valence-corrected chi connectivity index (χ1v) is 7.82. The number of benzene rings is 1. The number of aromatic nitrogens is 2. The van der Waals surface area contributed by atoms with E-state index in [1.54, 1.807) is 26.0 Å². The van der Waals surface area contributed by atoms with Gasteiger partial charge in [0.15, 0.2) is 4.90 Å². The van der Waals surface area contributed by atoms with Gasteiger partial charge in [-0.05, 0) is 37.1 Å². The summed E-state index contributed by atoms with van der Waals surface area (Å²) in [4.78, 5) is 23.0. The second kappa shape index (κ2) is 5.45. The molecule has 1 aromatic carbocycles. The van der Waals surface area contributed by atoms with Crippen LogP contribution in [0.5, 0.6) is 5.75 Å². The highest BCUT2D eigenvalue weighted by Gasteiger charge is 2.23. The van der Waals surface area contributed by atoms with Crippen molar-refractivity contribution in [2.45, 2.75) is 18.7 Å². The number of hydrogen-bond donors (Lipinski definition) is 0. The fourth-order valence-electron chi connectivity index (χ4n) is 2.10. The van der Waals surface area contributed by atoms with Crippen LogP contribution >= 0.6 is 0 Å². The van der Waals surface area contributed by atoms with Crippen molar-refractivity contribution in [3.63, 3.8) is 0 Å². The van der Waals surface area contributed by atoms with Gasteiger partial charge >= 0.3 is 15.8 Å². The topological polar surface area (TPSA) is 87.4 Å². The SMILES string of the molecule is Cc1cc(C)cc(OS(=O)(=O)c2cn(C)c(=O)n(C)c2=O)c1. The summed E-state index contributed by atoms with van der Waals surface area (Å²) in [5.74, 6) is 0.119. The molecule has 0 fully saturated rings. The van der Waals surface area contributed by atoms with Crippen LogP contribution < -0.4 is 15.4 Å². The van der Waals surface area contributed by atoms with Gasteiger partial charge in [-0.3, -0.25) is 9.36 Å². The number of nitrogens with zero attached hydrogens (tertiary/aromatic N) is 2. The zero-order valence-electron chi connectivity index (χ0n) is 12.7. The molecule has 0 unspecified atom stereocenters. The molecule has 0 aliphatic rings. The molecule has 1 aromatic heterocycles. The Labute approximate surface area is 127 Å². The van der Waals surface area contributed by atoms with Crippen LogP contribution in [0.3, 0.4) is 0 Å². The summed E-state index contributed by atoms with van der Waals surface area (Å²) in [5.41, 5.74) is 0.125. The van der Waals surface area contributed by atoms with Crippen LogP contribution in [0.1, 0.15) is 11.1 Å². The second-order valence-corrected chi connectivity index (χ2v) is 6.63. The van der Waals surface area contributed by atoms with Crippen molar-refractivity contribution in [3.05, 3.63) is 56.4 Å². The summed E-state index contributed by atoms with van der Waals surface area (Å²) in [6, 6.07) is 4.97. The summed E-state index contributed by atoms with van der Waals surface area (Å²) in [6.45, 7) is 3.61. The number of aryl methyl sites for hydroxylation is 3. The third-order valence-electron chi connectivity index (χ3n) is 3.09. The maximum absolute atomic E-state index is 12.3. The van der Waals surface area contributed by atoms with Crippen LogP contribution in [-0.4, -0.2) is 17.6 Å². The standard InChI is InChI=1S/C14H16N2O5S/c1-9-5-10(2)7-11(6-9)21-22(19,20)12-8-15(3)14(18)16(4)13(12)17/h5-8H,1-4H3. The second-order valence-electron chi connectivity index (χ2n) is 5.11. The first-order chi connectivity index (χ1) is 10.1. The predicted molar refractivity (Wildman–Crippen MR) is 80.7 cm³/mol. The Morgan fingerprint density at radius 2 is 1.55 bits per heavy atom. The Bertz CT molecular complexity index is 934. The lowest BCUT2D eigenvalue weighted by atomic mass is 10.1. The quantitative estimate of drug-likeness (QED) is 0.766. The van der Waals surface area contributed by atoms with E-state index < -0.39 is 26.3 Å². The third-order valence-corrected chi connectivity index (χ3v) is 4.32. The largest absolute Gasteiger partial charge is 0.379 e. The Morgan fingerprint density at radius 3 is 2.09 bits per heavy atom. The van der Waals surface area contributed by atoms with E-state index >= 15 is 0 Å². The minimum atomic E-state index is -4.33. The van der Waals surface area contributed by atoms with Crippen LogP contribution in [0.4, 0.5) is 0 Å². The molecule has 2 aromatic rings. The zero-order chi connectivity index (χ0) is 16.7. The molecule has 0 saturated carbocycles. The van der Waals surface area contributed by atoms with Crippen LogP contribution in [0.2, 0.25) is 0 Å². The molecule has 0 amide bonds. The Hall–Kier alpha value is -2.35. The molecule has 8 heteroatoms. The predicted octanol–water partition coefficient (Wildman–Crippen LogP) is 0.469. The van der Waals surface area contributed by atoms with Crippen LogP contribution in [0.15, 0.2) is 38.9 Å². The molecule has 0 spiro atoms. The smallest absolute Gasteiger partial charge is 0.346 e. The lowest BCUT2D eigenvalue weighted by Gasteiger charge is -2.10. The van der Waals surface area contributed by atoms with Crippen molar-refractivity contribution in [1.82, 2.24) is 9.13 Å². The minimum absolute atomic E-state index is 0.119. The maximum Gasteiger partial charge on any atom is 0.346 e. The van der Waals surface area contributed by atoms with E-state index in [9.17, 15) is 18.0 Å². The van der Waals surface area contributed by atoms with E-state index in [2.05, 4.69) is 0 Å². The van der Waals surface area contributed by atoms with E-state index in [1.807, 2.05) is 6.07 Å². The average molecular weight is 324 g/mol. The van der Waals surface area contributed by atoms with Crippen molar-refractivity contribution < 1.29 is 12.6 Å². The van der Waals surface area contributed by atoms with Crippen LogP contribution in [-0.2, 0) is 24.2 Å². The van der Waals surface area contributed by atoms with E-state index in [-0.39, 0.29) is 5.75 Å². The van der Waals surface area contributed by atoms with Crippen LogP contribution in [0.25, 0.3) is 0 Å². The number of rotatable bonds is 3. The highest BCUT2D eigenvalue weighted by Crippen LogP contribution is 2.20. The molecule has 2 rings (SSSR count). The molecule has 0 N–H and O–H groups in total. The molecule has 7 nitrogen and oxygen atoms in total. The first-order valence-electron chi connectivity index (χ1n) is 6.41. The normalized spacial score (nSPS) is 11.5. The Kier molecular flexibility index (Phi) is 3.97. The molecular weight excluding hydrogens is 308 g/mol. The van der Waals surface area contributed by atoms with Crippen molar-refractivity contribution in [3.8, 4) is 5.75 Å². The molecule has 22 heavy (non-hydrogen) atoms. The fraction of sp³-hybridized carbons (Fsp3) is 0.286. The van der Waals surface area contributed by atoms with E-state index in [0.29, 0.717) is 0 Å². The Balaban J connectivity index is 2.57. The third kappa shape index (κ3) is 2.96.